The molecule has 1 aromatic rings. The molecule has 1 fully saturated rings. The molecule has 4 heteroatoms. The third-order valence-electron chi connectivity index (χ3n) is 2.69. The van der Waals surface area contributed by atoms with Gasteiger partial charge >= 0.3 is 0 Å². The number of isocyanates is 1. The number of likely N-dealkylation sites (tertiary alicyclic amines) is 1. The molecule has 0 unspecified atom stereocenters. The maximum absolute atomic E-state index is 11.5. The number of hydrogen-bond donors (Lipinski definition) is 0. The molecule has 4 nitrogen and oxygen atoms in total. The summed E-state index contributed by atoms with van der Waals surface area (Å²) in [5.74, 6) is 0.171. The fourth-order valence-corrected chi connectivity index (χ4v) is 1.88. The summed E-state index contributed by atoms with van der Waals surface area (Å²) in [4.78, 5) is 27.1. The van der Waals surface area contributed by atoms with Crippen LogP contribution >= 0.6 is 0 Å². The van der Waals surface area contributed by atoms with Gasteiger partial charge in [0.1, 0.15) is 0 Å². The SMILES string of the molecule is O=C=Nc1ccccc1CN1CCCC1=O. The number of hydrogen-bond acceptors (Lipinski definition) is 3. The third-order valence-corrected chi connectivity index (χ3v) is 2.69. The number of rotatable bonds is 3. The van der Waals surface area contributed by atoms with E-state index >= 15 is 0 Å². The highest BCUT2D eigenvalue weighted by Crippen LogP contribution is 2.22. The minimum atomic E-state index is 0.171. The predicted octanol–water partition coefficient (Wildman–Crippen LogP) is 1.78. The maximum Gasteiger partial charge on any atom is 0.240 e. The van der Waals surface area contributed by atoms with E-state index in [-0.39, 0.29) is 5.91 Å². The molecule has 1 aliphatic heterocycles. The number of carbonyl (C=O) groups is 1. The molecule has 0 N–H and O–H groups in total. The van der Waals surface area contributed by atoms with E-state index in [2.05, 4.69) is 4.99 Å². The van der Waals surface area contributed by atoms with E-state index in [0.29, 0.717) is 18.7 Å². The van der Waals surface area contributed by atoms with Crippen LogP contribution in [0.1, 0.15) is 18.4 Å². The second kappa shape index (κ2) is 4.73. The number of amides is 1. The second-order valence-corrected chi connectivity index (χ2v) is 3.75. The standard InChI is InChI=1S/C12H12N2O2/c15-9-13-11-5-2-1-4-10(11)8-14-7-3-6-12(14)16/h1-2,4-5H,3,6-8H2. The first-order valence-electron chi connectivity index (χ1n) is 5.25. The number of benzene rings is 1. The van der Waals surface area contributed by atoms with Gasteiger partial charge in [-0.25, -0.2) is 4.79 Å². The molecule has 0 atom stereocenters. The van der Waals surface area contributed by atoms with E-state index in [9.17, 15) is 9.59 Å². The highest BCUT2D eigenvalue weighted by molar-refractivity contribution is 5.78. The van der Waals surface area contributed by atoms with Gasteiger partial charge in [0.05, 0.1) is 5.69 Å². The molecule has 1 amide bonds. The quantitative estimate of drug-likeness (QED) is 0.571. The van der Waals surface area contributed by atoms with Gasteiger partial charge in [-0.2, -0.15) is 4.99 Å². The van der Waals surface area contributed by atoms with Gasteiger partial charge in [-0.05, 0) is 18.1 Å². The van der Waals surface area contributed by atoms with Crippen LogP contribution in [0, 0.1) is 0 Å². The Kier molecular flexibility index (Phi) is 3.13. The van der Waals surface area contributed by atoms with Gasteiger partial charge in [0.2, 0.25) is 12.0 Å². The second-order valence-electron chi connectivity index (χ2n) is 3.75. The predicted molar refractivity (Wildman–Crippen MR) is 58.9 cm³/mol. The maximum atomic E-state index is 11.5. The van der Waals surface area contributed by atoms with Gasteiger partial charge in [-0.3, -0.25) is 4.79 Å². The average molecular weight is 216 g/mol. The van der Waals surface area contributed by atoms with E-state index in [1.165, 1.54) is 6.08 Å². The Morgan fingerprint density at radius 3 is 2.88 bits per heavy atom. The lowest BCUT2D eigenvalue weighted by atomic mass is 10.1. The van der Waals surface area contributed by atoms with Gasteiger partial charge in [-0.1, -0.05) is 18.2 Å². The zero-order valence-corrected chi connectivity index (χ0v) is 8.85. The molecule has 0 spiro atoms. The highest BCUT2D eigenvalue weighted by Gasteiger charge is 2.20. The van der Waals surface area contributed by atoms with E-state index in [4.69, 9.17) is 0 Å². The monoisotopic (exact) mass is 216 g/mol. The third kappa shape index (κ3) is 2.18. The summed E-state index contributed by atoms with van der Waals surface area (Å²) in [7, 11) is 0. The lowest BCUT2D eigenvalue weighted by molar-refractivity contribution is -0.128. The molecule has 0 aliphatic carbocycles. The summed E-state index contributed by atoms with van der Waals surface area (Å²) in [5, 5.41) is 0. The average Bonchev–Trinajstić information content (AvgIpc) is 2.68. The van der Waals surface area contributed by atoms with Crippen LogP contribution in [0.5, 0.6) is 0 Å². The van der Waals surface area contributed by atoms with Crippen LogP contribution in [0.25, 0.3) is 0 Å². The van der Waals surface area contributed by atoms with Crippen molar-refractivity contribution in [2.24, 2.45) is 4.99 Å². The zero-order chi connectivity index (χ0) is 11.4. The first kappa shape index (κ1) is 10.6. The highest BCUT2D eigenvalue weighted by atomic mass is 16.2. The van der Waals surface area contributed by atoms with Crippen LogP contribution in [0.4, 0.5) is 5.69 Å². The zero-order valence-electron chi connectivity index (χ0n) is 8.85. The summed E-state index contributed by atoms with van der Waals surface area (Å²) in [5.41, 5.74) is 1.48. The van der Waals surface area contributed by atoms with Crippen molar-refractivity contribution < 1.29 is 9.59 Å². The van der Waals surface area contributed by atoms with E-state index in [0.717, 1.165) is 18.5 Å². The largest absolute Gasteiger partial charge is 0.338 e. The fraction of sp³-hybridized carbons (Fsp3) is 0.333. The normalized spacial score (nSPS) is 15.0. The molecule has 82 valence electrons. The smallest absolute Gasteiger partial charge is 0.240 e. The number of carbonyl (C=O) groups excluding carboxylic acids is 2. The molecule has 1 heterocycles. The van der Waals surface area contributed by atoms with Crippen molar-refractivity contribution in [3.63, 3.8) is 0 Å². The van der Waals surface area contributed by atoms with E-state index < -0.39 is 0 Å². The Morgan fingerprint density at radius 2 is 2.19 bits per heavy atom. The topological polar surface area (TPSA) is 49.7 Å². The summed E-state index contributed by atoms with van der Waals surface area (Å²) in [6.07, 6.45) is 3.07. The first-order chi connectivity index (χ1) is 7.81. The minimum absolute atomic E-state index is 0.171. The number of aliphatic imine (C=N–C) groups is 1. The van der Waals surface area contributed by atoms with Crippen molar-refractivity contribution in [2.45, 2.75) is 19.4 Å². The molecule has 1 aromatic carbocycles. The van der Waals surface area contributed by atoms with Crippen LogP contribution in [0.3, 0.4) is 0 Å². The Morgan fingerprint density at radius 1 is 1.38 bits per heavy atom. The van der Waals surface area contributed by atoms with Crippen LogP contribution in [0.2, 0.25) is 0 Å². The van der Waals surface area contributed by atoms with Crippen LogP contribution < -0.4 is 0 Å². The van der Waals surface area contributed by atoms with Crippen LogP contribution in [-0.2, 0) is 16.1 Å². The Labute approximate surface area is 93.6 Å². The minimum Gasteiger partial charge on any atom is -0.338 e. The Hall–Kier alpha value is -1.93. The fourth-order valence-electron chi connectivity index (χ4n) is 1.88. The van der Waals surface area contributed by atoms with Crippen molar-refractivity contribution >= 4 is 17.7 Å². The molecule has 0 radical (unpaired) electrons. The first-order valence-corrected chi connectivity index (χ1v) is 5.25. The van der Waals surface area contributed by atoms with E-state index in [1.54, 1.807) is 11.0 Å². The molecule has 0 saturated carbocycles. The Bertz CT molecular complexity index is 450. The summed E-state index contributed by atoms with van der Waals surface area (Å²) in [6, 6.07) is 7.31. The molecule has 0 bridgehead atoms. The molecule has 0 aromatic heterocycles. The van der Waals surface area contributed by atoms with Gasteiger partial charge in [-0.15, -0.1) is 0 Å². The van der Waals surface area contributed by atoms with Crippen molar-refractivity contribution in [3.8, 4) is 0 Å². The summed E-state index contributed by atoms with van der Waals surface area (Å²) >= 11 is 0. The molecular weight excluding hydrogens is 204 g/mol. The molecule has 16 heavy (non-hydrogen) atoms. The van der Waals surface area contributed by atoms with Crippen LogP contribution in [0.15, 0.2) is 29.3 Å². The molecule has 1 aliphatic rings. The Balaban J connectivity index is 2.20. The lowest BCUT2D eigenvalue weighted by Gasteiger charge is -2.16. The van der Waals surface area contributed by atoms with Crippen molar-refractivity contribution in [1.82, 2.24) is 4.90 Å². The molecular formula is C12H12N2O2. The van der Waals surface area contributed by atoms with Gasteiger partial charge < -0.3 is 4.90 Å². The van der Waals surface area contributed by atoms with Crippen molar-refractivity contribution in [2.75, 3.05) is 6.54 Å². The number of para-hydroxylation sites is 1. The van der Waals surface area contributed by atoms with Crippen LogP contribution in [-0.4, -0.2) is 23.4 Å². The molecule has 1 saturated heterocycles. The van der Waals surface area contributed by atoms with E-state index in [1.807, 2.05) is 18.2 Å². The van der Waals surface area contributed by atoms with Gasteiger partial charge in [0.25, 0.3) is 0 Å². The van der Waals surface area contributed by atoms with Gasteiger partial charge in [0.15, 0.2) is 0 Å². The molecule has 2 rings (SSSR count). The van der Waals surface area contributed by atoms with Crippen molar-refractivity contribution in [1.29, 1.82) is 0 Å². The van der Waals surface area contributed by atoms with Crippen molar-refractivity contribution in [3.05, 3.63) is 29.8 Å². The number of nitrogens with zero attached hydrogens (tertiary/aromatic N) is 2. The van der Waals surface area contributed by atoms with Gasteiger partial charge in [0, 0.05) is 19.5 Å². The summed E-state index contributed by atoms with van der Waals surface area (Å²) < 4.78 is 0. The lowest BCUT2D eigenvalue weighted by Crippen LogP contribution is -2.23. The summed E-state index contributed by atoms with van der Waals surface area (Å²) in [6.45, 7) is 1.32.